The second kappa shape index (κ2) is 3.92. The SMILES string of the molecule is CC(=O)Oc1c(C)c(F)c(C)c(F)c1F. The summed E-state index contributed by atoms with van der Waals surface area (Å²) in [6.45, 7) is 3.34. The van der Waals surface area contributed by atoms with E-state index in [1.807, 2.05) is 0 Å². The molecule has 0 atom stereocenters. The second-order valence-corrected chi connectivity index (χ2v) is 3.11. The lowest BCUT2D eigenvalue weighted by molar-refractivity contribution is -0.132. The Bertz CT molecular complexity index is 398. The molecule has 0 fully saturated rings. The van der Waals surface area contributed by atoms with Crippen molar-refractivity contribution in [3.05, 3.63) is 28.6 Å². The number of carbonyl (C=O) groups excluding carboxylic acids is 1. The second-order valence-electron chi connectivity index (χ2n) is 3.11. The van der Waals surface area contributed by atoms with Gasteiger partial charge in [0.2, 0.25) is 5.82 Å². The smallest absolute Gasteiger partial charge is 0.308 e. The number of benzene rings is 1. The maximum Gasteiger partial charge on any atom is 0.308 e. The molecule has 0 aliphatic rings. The molecule has 0 saturated heterocycles. The molecule has 0 saturated carbocycles. The van der Waals surface area contributed by atoms with Crippen LogP contribution >= 0.6 is 0 Å². The van der Waals surface area contributed by atoms with Crippen LogP contribution in [0.25, 0.3) is 0 Å². The van der Waals surface area contributed by atoms with Crippen LogP contribution in [-0.2, 0) is 4.79 Å². The van der Waals surface area contributed by atoms with Crippen molar-refractivity contribution >= 4 is 5.97 Å². The van der Waals surface area contributed by atoms with E-state index in [0.29, 0.717) is 0 Å². The summed E-state index contributed by atoms with van der Waals surface area (Å²) in [5.74, 6) is -5.12. The van der Waals surface area contributed by atoms with Gasteiger partial charge in [-0.2, -0.15) is 4.39 Å². The van der Waals surface area contributed by atoms with Crippen LogP contribution in [0.15, 0.2) is 0 Å². The average Bonchev–Trinajstić information content (AvgIpc) is 2.18. The number of rotatable bonds is 1. The summed E-state index contributed by atoms with van der Waals surface area (Å²) in [6, 6.07) is 0. The normalized spacial score (nSPS) is 10.3. The van der Waals surface area contributed by atoms with Gasteiger partial charge in [-0.05, 0) is 13.8 Å². The first-order valence-electron chi connectivity index (χ1n) is 4.18. The quantitative estimate of drug-likeness (QED) is 0.411. The van der Waals surface area contributed by atoms with Crippen LogP contribution in [0.2, 0.25) is 0 Å². The van der Waals surface area contributed by atoms with Gasteiger partial charge in [-0.15, -0.1) is 0 Å². The number of hydrogen-bond acceptors (Lipinski definition) is 2. The van der Waals surface area contributed by atoms with Crippen LogP contribution in [0.1, 0.15) is 18.1 Å². The van der Waals surface area contributed by atoms with Crippen molar-refractivity contribution < 1.29 is 22.7 Å². The fraction of sp³-hybridized carbons (Fsp3) is 0.300. The van der Waals surface area contributed by atoms with Gasteiger partial charge in [-0.3, -0.25) is 4.79 Å². The van der Waals surface area contributed by atoms with E-state index in [4.69, 9.17) is 0 Å². The van der Waals surface area contributed by atoms with Crippen LogP contribution in [0.4, 0.5) is 13.2 Å². The molecule has 5 heteroatoms. The zero-order valence-electron chi connectivity index (χ0n) is 8.45. The molecule has 0 unspecified atom stereocenters. The van der Waals surface area contributed by atoms with E-state index in [1.54, 1.807) is 0 Å². The maximum atomic E-state index is 13.3. The van der Waals surface area contributed by atoms with Gasteiger partial charge < -0.3 is 4.74 Å². The topological polar surface area (TPSA) is 26.3 Å². The fourth-order valence-electron chi connectivity index (χ4n) is 1.17. The fourth-order valence-corrected chi connectivity index (χ4v) is 1.17. The Balaban J connectivity index is 3.45. The molecule has 0 aromatic heterocycles. The van der Waals surface area contributed by atoms with Crippen molar-refractivity contribution in [3.63, 3.8) is 0 Å². The molecule has 0 N–H and O–H groups in total. The summed E-state index contributed by atoms with van der Waals surface area (Å²) < 4.78 is 44.0. The molecule has 0 radical (unpaired) electrons. The number of carbonyl (C=O) groups is 1. The van der Waals surface area contributed by atoms with Crippen molar-refractivity contribution in [2.24, 2.45) is 0 Å². The summed E-state index contributed by atoms with van der Waals surface area (Å²) in [5.41, 5.74) is -0.650. The minimum absolute atomic E-state index is 0.221. The Morgan fingerprint density at radius 1 is 1.00 bits per heavy atom. The molecule has 82 valence electrons. The van der Waals surface area contributed by atoms with Gasteiger partial charge in [-0.1, -0.05) is 0 Å². The Morgan fingerprint density at radius 3 is 2.00 bits per heavy atom. The molecule has 0 aliphatic heterocycles. The first-order chi connectivity index (χ1) is 6.86. The van der Waals surface area contributed by atoms with E-state index >= 15 is 0 Å². The van der Waals surface area contributed by atoms with Crippen LogP contribution < -0.4 is 4.74 Å². The highest BCUT2D eigenvalue weighted by atomic mass is 19.2. The predicted octanol–water partition coefficient (Wildman–Crippen LogP) is 2.65. The van der Waals surface area contributed by atoms with E-state index in [9.17, 15) is 18.0 Å². The van der Waals surface area contributed by atoms with E-state index < -0.39 is 34.7 Å². The summed E-state index contributed by atoms with van der Waals surface area (Å²) in [5, 5.41) is 0. The van der Waals surface area contributed by atoms with Crippen LogP contribution in [0, 0.1) is 31.3 Å². The molecule has 1 aromatic carbocycles. The molecule has 2 nitrogen and oxygen atoms in total. The van der Waals surface area contributed by atoms with Gasteiger partial charge >= 0.3 is 5.97 Å². The number of esters is 1. The van der Waals surface area contributed by atoms with Gasteiger partial charge in [0.1, 0.15) is 5.82 Å². The highest BCUT2D eigenvalue weighted by Crippen LogP contribution is 2.30. The first-order valence-corrected chi connectivity index (χ1v) is 4.18. The molecule has 1 rings (SSSR count). The molecule has 0 spiro atoms. The molecule has 15 heavy (non-hydrogen) atoms. The zero-order chi connectivity index (χ0) is 11.7. The van der Waals surface area contributed by atoms with Crippen molar-refractivity contribution in [2.75, 3.05) is 0 Å². The Morgan fingerprint density at radius 2 is 1.53 bits per heavy atom. The van der Waals surface area contributed by atoms with Crippen molar-refractivity contribution in [1.29, 1.82) is 0 Å². The largest absolute Gasteiger partial charge is 0.423 e. The summed E-state index contributed by atoms with van der Waals surface area (Å²) in [4.78, 5) is 10.6. The number of ether oxygens (including phenoxy) is 1. The molecular formula is C10H9F3O2. The third kappa shape index (κ3) is 1.95. The summed E-state index contributed by atoms with van der Waals surface area (Å²) in [7, 11) is 0. The Labute approximate surface area is 84.7 Å². The highest BCUT2D eigenvalue weighted by Gasteiger charge is 2.22. The Kier molecular flexibility index (Phi) is 3.02. The zero-order valence-corrected chi connectivity index (χ0v) is 8.45. The van der Waals surface area contributed by atoms with Crippen LogP contribution in [-0.4, -0.2) is 5.97 Å². The standard InChI is InChI=1S/C10H9F3O2/c1-4-7(11)5(2)10(15-6(3)14)9(13)8(4)12/h1-3H3. The van der Waals surface area contributed by atoms with E-state index in [-0.39, 0.29) is 5.56 Å². The lowest BCUT2D eigenvalue weighted by atomic mass is 10.1. The van der Waals surface area contributed by atoms with Gasteiger partial charge in [-0.25, -0.2) is 8.78 Å². The molecule has 0 aliphatic carbocycles. The summed E-state index contributed by atoms with van der Waals surface area (Å²) in [6.07, 6.45) is 0. The van der Waals surface area contributed by atoms with E-state index in [1.165, 1.54) is 6.92 Å². The van der Waals surface area contributed by atoms with E-state index in [0.717, 1.165) is 13.8 Å². The van der Waals surface area contributed by atoms with E-state index in [2.05, 4.69) is 4.74 Å². The Hall–Kier alpha value is -1.52. The third-order valence-electron chi connectivity index (χ3n) is 1.97. The third-order valence-corrected chi connectivity index (χ3v) is 1.97. The molecule has 0 bridgehead atoms. The molecule has 0 heterocycles. The first kappa shape index (κ1) is 11.6. The molecule has 1 aromatic rings. The van der Waals surface area contributed by atoms with Crippen LogP contribution in [0.3, 0.4) is 0 Å². The van der Waals surface area contributed by atoms with Crippen LogP contribution in [0.5, 0.6) is 5.75 Å². The average molecular weight is 218 g/mol. The highest BCUT2D eigenvalue weighted by molar-refractivity contribution is 5.70. The lowest BCUT2D eigenvalue weighted by Crippen LogP contribution is -2.09. The van der Waals surface area contributed by atoms with Gasteiger partial charge in [0, 0.05) is 18.1 Å². The monoisotopic (exact) mass is 218 g/mol. The minimum atomic E-state index is -1.35. The predicted molar refractivity (Wildman–Crippen MR) is 47.1 cm³/mol. The lowest BCUT2D eigenvalue weighted by Gasteiger charge is -2.10. The van der Waals surface area contributed by atoms with Gasteiger partial charge in [0.05, 0.1) is 0 Å². The number of halogens is 3. The minimum Gasteiger partial charge on any atom is -0.423 e. The maximum absolute atomic E-state index is 13.3. The van der Waals surface area contributed by atoms with Crippen molar-refractivity contribution in [3.8, 4) is 5.75 Å². The van der Waals surface area contributed by atoms with Crippen molar-refractivity contribution in [2.45, 2.75) is 20.8 Å². The molecule has 0 amide bonds. The number of hydrogen-bond donors (Lipinski definition) is 0. The van der Waals surface area contributed by atoms with Gasteiger partial charge in [0.25, 0.3) is 0 Å². The summed E-state index contributed by atoms with van der Waals surface area (Å²) >= 11 is 0. The van der Waals surface area contributed by atoms with Crippen molar-refractivity contribution in [1.82, 2.24) is 0 Å². The molecular weight excluding hydrogens is 209 g/mol. The van der Waals surface area contributed by atoms with Gasteiger partial charge in [0.15, 0.2) is 11.6 Å².